The van der Waals surface area contributed by atoms with Crippen molar-refractivity contribution >= 4 is 22.8 Å². The summed E-state index contributed by atoms with van der Waals surface area (Å²) in [4.78, 5) is 26.0. The van der Waals surface area contributed by atoms with Gasteiger partial charge in [-0.15, -0.1) is 0 Å². The van der Waals surface area contributed by atoms with E-state index in [1.807, 2.05) is 44.2 Å². The minimum Gasteiger partial charge on any atom is -0.496 e. The first-order valence-electron chi connectivity index (χ1n) is 13.2. The number of hydrogen-bond acceptors (Lipinski definition) is 6. The van der Waals surface area contributed by atoms with E-state index in [1.54, 1.807) is 18.2 Å². The van der Waals surface area contributed by atoms with Crippen LogP contribution in [0.5, 0.6) is 5.75 Å². The summed E-state index contributed by atoms with van der Waals surface area (Å²) in [5.41, 5.74) is 10.4. The van der Waals surface area contributed by atoms with Crippen molar-refractivity contribution in [3.8, 4) is 17.1 Å². The Hall–Kier alpha value is -4.92. The van der Waals surface area contributed by atoms with Crippen molar-refractivity contribution in [2.45, 2.75) is 38.6 Å². The molecule has 1 fully saturated rings. The summed E-state index contributed by atoms with van der Waals surface area (Å²) < 4.78 is 30.3. The number of nitrogens with two attached hydrogens (primary N) is 1. The predicted octanol–water partition coefficient (Wildman–Crippen LogP) is 5.96. The Morgan fingerprint density at radius 2 is 1.83 bits per heavy atom. The van der Waals surface area contributed by atoms with Gasteiger partial charge in [0.05, 0.1) is 23.8 Å². The molecule has 0 aliphatic heterocycles. The lowest BCUT2D eigenvalue weighted by molar-refractivity contribution is 0.0925. The summed E-state index contributed by atoms with van der Waals surface area (Å²) in [7, 11) is 1.54. The van der Waals surface area contributed by atoms with Crippen LogP contribution in [0, 0.1) is 19.7 Å². The van der Waals surface area contributed by atoms with Gasteiger partial charge in [-0.3, -0.25) is 9.59 Å². The summed E-state index contributed by atoms with van der Waals surface area (Å²) in [6.07, 6.45) is 2.03. The molecule has 2 aromatic heterocycles. The van der Waals surface area contributed by atoms with Crippen molar-refractivity contribution in [1.29, 1.82) is 0 Å². The van der Waals surface area contributed by atoms with Crippen LogP contribution in [-0.2, 0) is 12.0 Å². The summed E-state index contributed by atoms with van der Waals surface area (Å²) in [6.45, 7) is 3.78. The quantitative estimate of drug-likeness (QED) is 0.245. The molecule has 3 aromatic carbocycles. The van der Waals surface area contributed by atoms with Crippen LogP contribution in [0.3, 0.4) is 0 Å². The van der Waals surface area contributed by atoms with Crippen LogP contribution in [0.4, 0.5) is 4.39 Å². The van der Waals surface area contributed by atoms with Crippen molar-refractivity contribution < 1.29 is 27.7 Å². The zero-order valence-corrected chi connectivity index (χ0v) is 22.8. The van der Waals surface area contributed by atoms with Gasteiger partial charge in [0.1, 0.15) is 34.4 Å². The lowest BCUT2D eigenvalue weighted by atomic mass is 9.95. The first-order chi connectivity index (χ1) is 19.7. The summed E-state index contributed by atoms with van der Waals surface area (Å²) in [5, 5.41) is 7.82. The molecule has 1 saturated carbocycles. The van der Waals surface area contributed by atoms with E-state index in [0.29, 0.717) is 51.5 Å². The number of aryl methyl sites for hydroxylation is 2. The van der Waals surface area contributed by atoms with E-state index in [4.69, 9.17) is 19.4 Å². The van der Waals surface area contributed by atoms with Gasteiger partial charge in [-0.1, -0.05) is 11.2 Å². The third kappa shape index (κ3) is 4.84. The van der Waals surface area contributed by atoms with Crippen LogP contribution >= 0.6 is 0 Å². The van der Waals surface area contributed by atoms with Crippen LogP contribution in [0.15, 0.2) is 69.6 Å². The fraction of sp³-hybridized carbons (Fsp3) is 0.219. The molecule has 1 aliphatic rings. The largest absolute Gasteiger partial charge is 0.496 e. The van der Waals surface area contributed by atoms with Crippen LogP contribution in [0.2, 0.25) is 0 Å². The third-order valence-electron chi connectivity index (χ3n) is 7.62. The van der Waals surface area contributed by atoms with E-state index >= 15 is 0 Å². The average Bonchev–Trinajstić information content (AvgIpc) is 3.41. The molecular formula is C32H28FN3O5. The lowest BCUT2D eigenvalue weighted by Gasteiger charge is -2.18. The molecule has 0 spiro atoms. The molecule has 0 bridgehead atoms. The number of fused-ring (bicyclic) bond motifs is 1. The van der Waals surface area contributed by atoms with Crippen molar-refractivity contribution in [3.05, 3.63) is 106 Å². The number of ether oxygens (including phenoxy) is 1. The maximum absolute atomic E-state index is 13.5. The Morgan fingerprint density at radius 3 is 2.46 bits per heavy atom. The average molecular weight is 554 g/mol. The Labute approximate surface area is 235 Å². The summed E-state index contributed by atoms with van der Waals surface area (Å²) in [6, 6.07) is 16.8. The molecule has 2 amide bonds. The zero-order chi connectivity index (χ0) is 28.9. The number of benzene rings is 3. The van der Waals surface area contributed by atoms with E-state index in [9.17, 15) is 14.0 Å². The second-order valence-electron chi connectivity index (χ2n) is 10.5. The number of halogens is 1. The summed E-state index contributed by atoms with van der Waals surface area (Å²) >= 11 is 0. The highest BCUT2D eigenvalue weighted by atomic mass is 19.1. The van der Waals surface area contributed by atoms with Gasteiger partial charge in [-0.25, -0.2) is 4.39 Å². The van der Waals surface area contributed by atoms with Gasteiger partial charge in [-0.2, -0.15) is 0 Å². The van der Waals surface area contributed by atoms with E-state index in [1.165, 1.54) is 19.2 Å². The molecule has 2 heterocycles. The molecule has 8 nitrogen and oxygen atoms in total. The number of nitrogens with one attached hydrogen (secondary N) is 1. The number of primary amides is 1. The van der Waals surface area contributed by atoms with Gasteiger partial charge < -0.3 is 24.7 Å². The van der Waals surface area contributed by atoms with Crippen LogP contribution in [0.25, 0.3) is 22.3 Å². The zero-order valence-electron chi connectivity index (χ0n) is 22.8. The van der Waals surface area contributed by atoms with Gasteiger partial charge in [0.25, 0.3) is 11.8 Å². The van der Waals surface area contributed by atoms with E-state index in [2.05, 4.69) is 10.5 Å². The van der Waals surface area contributed by atoms with Crippen molar-refractivity contribution in [2.75, 3.05) is 7.11 Å². The Bertz CT molecular complexity index is 1820. The topological polar surface area (TPSA) is 121 Å². The number of carbonyl (C=O) groups is 2. The maximum atomic E-state index is 13.5. The predicted molar refractivity (Wildman–Crippen MR) is 150 cm³/mol. The molecule has 0 radical (unpaired) electrons. The van der Waals surface area contributed by atoms with Gasteiger partial charge >= 0.3 is 0 Å². The molecule has 0 unspecified atom stereocenters. The molecule has 208 valence electrons. The Balaban J connectivity index is 1.33. The molecule has 1 aliphatic carbocycles. The fourth-order valence-corrected chi connectivity index (χ4v) is 5.23. The molecule has 5 aromatic rings. The fourth-order valence-electron chi connectivity index (χ4n) is 5.23. The number of methoxy groups -OCH3 is 1. The number of hydrogen-bond donors (Lipinski definition) is 2. The van der Waals surface area contributed by atoms with Crippen LogP contribution < -0.4 is 15.8 Å². The highest BCUT2D eigenvalue weighted by Crippen LogP contribution is 2.45. The minimum absolute atomic E-state index is 0.234. The molecule has 6 rings (SSSR count). The number of carbonyl (C=O) groups excluding carboxylic acids is 2. The first kappa shape index (κ1) is 26.3. The van der Waals surface area contributed by atoms with Gasteiger partial charge in [0, 0.05) is 17.0 Å². The van der Waals surface area contributed by atoms with E-state index < -0.39 is 17.3 Å². The van der Waals surface area contributed by atoms with Gasteiger partial charge in [-0.05, 0) is 98.3 Å². The highest BCUT2D eigenvalue weighted by molar-refractivity contribution is 6.10. The number of rotatable bonds is 8. The lowest BCUT2D eigenvalue weighted by Crippen LogP contribution is -2.35. The standard InChI is InChI=1S/C32H28FN3O5/c1-17-12-26(39-3)24(31(38)35-32(10-11-32)27-13-18(2)41-36-27)16-21(17)14-19-4-9-25-23(15-19)28(30(34)37)29(40-25)20-5-7-22(33)8-6-20/h4-9,12-13,15-16H,10-11,14H2,1-3H3,(H2,34,37)(H,35,38). The monoisotopic (exact) mass is 553 g/mol. The molecule has 41 heavy (non-hydrogen) atoms. The molecule has 9 heteroatoms. The SMILES string of the molecule is COc1cc(C)c(Cc2ccc3oc(-c4ccc(F)cc4)c(C(N)=O)c3c2)cc1C(=O)NC1(c2cc(C)on2)CC1. The van der Waals surface area contributed by atoms with Crippen LogP contribution in [0.1, 0.15) is 61.7 Å². The van der Waals surface area contributed by atoms with Crippen molar-refractivity contribution in [2.24, 2.45) is 5.73 Å². The first-order valence-corrected chi connectivity index (χ1v) is 13.2. The maximum Gasteiger partial charge on any atom is 0.255 e. The van der Waals surface area contributed by atoms with Gasteiger partial charge in [0.15, 0.2) is 0 Å². The van der Waals surface area contributed by atoms with E-state index in [0.717, 1.165) is 29.5 Å². The third-order valence-corrected chi connectivity index (χ3v) is 7.62. The summed E-state index contributed by atoms with van der Waals surface area (Å²) in [5.74, 6) is 0.162. The number of furan rings is 1. The smallest absolute Gasteiger partial charge is 0.255 e. The Kier molecular flexibility index (Phi) is 6.37. The molecule has 0 saturated heterocycles. The van der Waals surface area contributed by atoms with E-state index in [-0.39, 0.29) is 11.5 Å². The normalized spacial score (nSPS) is 13.8. The molecular weight excluding hydrogens is 525 g/mol. The second kappa shape index (κ2) is 9.92. The number of amides is 2. The van der Waals surface area contributed by atoms with Crippen LogP contribution in [-0.4, -0.2) is 24.1 Å². The second-order valence-corrected chi connectivity index (χ2v) is 10.5. The highest BCUT2D eigenvalue weighted by Gasteiger charge is 2.48. The van der Waals surface area contributed by atoms with Gasteiger partial charge in [0.2, 0.25) is 0 Å². The minimum atomic E-state index is -0.642. The van der Waals surface area contributed by atoms with Crippen molar-refractivity contribution in [1.82, 2.24) is 10.5 Å². The number of nitrogens with zero attached hydrogens (tertiary/aromatic N) is 1. The Morgan fingerprint density at radius 1 is 1.07 bits per heavy atom. The molecule has 3 N–H and O–H groups in total. The van der Waals surface area contributed by atoms with Crippen molar-refractivity contribution in [3.63, 3.8) is 0 Å². The molecule has 0 atom stereocenters. The number of aromatic nitrogens is 1.